The second-order valence-electron chi connectivity index (χ2n) is 6.95. The zero-order valence-corrected chi connectivity index (χ0v) is 11.4. The summed E-state index contributed by atoms with van der Waals surface area (Å²) < 4.78 is 11.7. The van der Waals surface area contributed by atoms with Crippen LogP contribution in [0.25, 0.3) is 0 Å². The van der Waals surface area contributed by atoms with Gasteiger partial charge in [0.1, 0.15) is 0 Å². The number of rotatable bonds is 2. The van der Waals surface area contributed by atoms with Crippen molar-refractivity contribution < 1.29 is 14.6 Å². The van der Waals surface area contributed by atoms with E-state index < -0.39 is 5.60 Å². The van der Waals surface area contributed by atoms with Crippen LogP contribution in [-0.4, -0.2) is 41.7 Å². The predicted molar refractivity (Wildman–Crippen MR) is 68.2 cm³/mol. The van der Waals surface area contributed by atoms with Crippen molar-refractivity contribution in [1.82, 2.24) is 0 Å². The highest BCUT2D eigenvalue weighted by molar-refractivity contribution is 5.13. The first-order valence-corrected chi connectivity index (χ1v) is 7.13. The molecule has 2 bridgehead atoms. The highest BCUT2D eigenvalue weighted by Crippen LogP contribution is 2.57. The van der Waals surface area contributed by atoms with Crippen LogP contribution in [0.2, 0.25) is 0 Å². The molecule has 3 fully saturated rings. The summed E-state index contributed by atoms with van der Waals surface area (Å²) in [5.74, 6) is 0. The Bertz CT molecular complexity index is 346. The van der Waals surface area contributed by atoms with Gasteiger partial charge in [0.15, 0.2) is 0 Å². The molecule has 3 aliphatic rings. The van der Waals surface area contributed by atoms with Gasteiger partial charge in [-0.15, -0.1) is 0 Å². The lowest BCUT2D eigenvalue weighted by atomic mass is 9.58. The molecule has 0 aromatic rings. The van der Waals surface area contributed by atoms with E-state index in [1.807, 2.05) is 0 Å². The molecular formula is C14H25NO3. The highest BCUT2D eigenvalue weighted by atomic mass is 16.5. The molecule has 0 amide bonds. The molecule has 18 heavy (non-hydrogen) atoms. The first-order valence-electron chi connectivity index (χ1n) is 7.13. The lowest BCUT2D eigenvalue weighted by Gasteiger charge is -2.53. The molecule has 3 saturated heterocycles. The Morgan fingerprint density at radius 1 is 1.33 bits per heavy atom. The maximum Gasteiger partial charge on any atom is 0.0790 e. The Morgan fingerprint density at radius 2 is 2.11 bits per heavy atom. The minimum atomic E-state index is -0.733. The predicted octanol–water partition coefficient (Wildman–Crippen LogP) is 1.20. The molecule has 0 aromatic carbocycles. The van der Waals surface area contributed by atoms with Crippen LogP contribution in [0.1, 0.15) is 46.0 Å². The van der Waals surface area contributed by atoms with Crippen molar-refractivity contribution in [1.29, 1.82) is 0 Å². The molecule has 0 aromatic heterocycles. The van der Waals surface area contributed by atoms with Gasteiger partial charge >= 0.3 is 0 Å². The van der Waals surface area contributed by atoms with E-state index in [1.165, 1.54) is 0 Å². The Morgan fingerprint density at radius 3 is 2.61 bits per heavy atom. The van der Waals surface area contributed by atoms with Gasteiger partial charge in [0.2, 0.25) is 0 Å². The fourth-order valence-corrected chi connectivity index (χ4v) is 4.46. The third kappa shape index (κ3) is 1.66. The molecule has 0 spiro atoms. The minimum absolute atomic E-state index is 0.145. The van der Waals surface area contributed by atoms with E-state index in [1.54, 1.807) is 0 Å². The fraction of sp³-hybridized carbons (Fsp3) is 1.00. The zero-order valence-electron chi connectivity index (χ0n) is 11.4. The lowest BCUT2D eigenvalue weighted by molar-refractivity contribution is -0.204. The van der Waals surface area contributed by atoms with Crippen molar-refractivity contribution in [3.63, 3.8) is 0 Å². The average Bonchev–Trinajstić information content (AvgIpc) is 2.87. The number of hydrogen-bond acceptors (Lipinski definition) is 4. The normalized spacial score (nSPS) is 50.7. The van der Waals surface area contributed by atoms with Crippen molar-refractivity contribution in [2.45, 2.75) is 69.4 Å². The first-order chi connectivity index (χ1) is 8.41. The summed E-state index contributed by atoms with van der Waals surface area (Å²) in [6, 6.07) is 0. The third-order valence-corrected chi connectivity index (χ3v) is 5.33. The molecule has 3 rings (SSSR count). The standard InChI is InChI=1S/C14H25NO3/c1-12(2)8-14(16,5-6-17-12)13(9-15)7-10-3-4-11(13)18-10/h10-11,16H,3-9,15H2,1-2H3. The van der Waals surface area contributed by atoms with Crippen LogP contribution >= 0.6 is 0 Å². The van der Waals surface area contributed by atoms with Crippen molar-refractivity contribution in [2.75, 3.05) is 13.2 Å². The SMILES string of the molecule is CC1(C)CC(O)(C2(CN)CC3CCC2O3)CCO1. The summed E-state index contributed by atoms with van der Waals surface area (Å²) in [6.07, 6.45) is 4.89. The summed E-state index contributed by atoms with van der Waals surface area (Å²) in [5, 5.41) is 11.2. The van der Waals surface area contributed by atoms with Gasteiger partial charge < -0.3 is 20.3 Å². The van der Waals surface area contributed by atoms with Gasteiger partial charge in [-0.05, 0) is 33.1 Å². The van der Waals surface area contributed by atoms with E-state index in [9.17, 15) is 5.11 Å². The van der Waals surface area contributed by atoms with E-state index in [0.717, 1.165) is 19.3 Å². The first kappa shape index (κ1) is 12.9. The molecule has 0 saturated carbocycles. The van der Waals surface area contributed by atoms with Gasteiger partial charge in [0.25, 0.3) is 0 Å². The van der Waals surface area contributed by atoms with Gasteiger partial charge in [0.05, 0.1) is 30.0 Å². The maximum atomic E-state index is 11.2. The van der Waals surface area contributed by atoms with Crippen LogP contribution in [0.4, 0.5) is 0 Å². The third-order valence-electron chi connectivity index (χ3n) is 5.33. The van der Waals surface area contributed by atoms with Crippen molar-refractivity contribution in [2.24, 2.45) is 11.1 Å². The Labute approximate surface area is 109 Å². The zero-order chi connectivity index (χ0) is 13.0. The topological polar surface area (TPSA) is 64.7 Å². The van der Waals surface area contributed by atoms with Gasteiger partial charge in [-0.1, -0.05) is 0 Å². The second kappa shape index (κ2) is 3.92. The minimum Gasteiger partial charge on any atom is -0.389 e. The molecule has 3 heterocycles. The van der Waals surface area contributed by atoms with Crippen LogP contribution < -0.4 is 5.73 Å². The van der Waals surface area contributed by atoms with Crippen molar-refractivity contribution in [3.8, 4) is 0 Å². The van der Waals surface area contributed by atoms with Crippen LogP contribution in [-0.2, 0) is 9.47 Å². The van der Waals surface area contributed by atoms with Gasteiger partial charge in [-0.2, -0.15) is 0 Å². The van der Waals surface area contributed by atoms with Gasteiger partial charge in [0, 0.05) is 24.8 Å². The second-order valence-corrected chi connectivity index (χ2v) is 6.95. The van der Waals surface area contributed by atoms with Crippen LogP contribution in [0.5, 0.6) is 0 Å². The largest absolute Gasteiger partial charge is 0.389 e. The monoisotopic (exact) mass is 255 g/mol. The number of ether oxygens (including phenoxy) is 2. The molecule has 4 heteroatoms. The molecular weight excluding hydrogens is 230 g/mol. The molecule has 0 aliphatic carbocycles. The number of aliphatic hydroxyl groups is 1. The maximum absolute atomic E-state index is 11.2. The quantitative estimate of drug-likeness (QED) is 0.778. The smallest absolute Gasteiger partial charge is 0.0790 e. The highest BCUT2D eigenvalue weighted by Gasteiger charge is 2.63. The van der Waals surface area contributed by atoms with Crippen LogP contribution in [0.15, 0.2) is 0 Å². The molecule has 104 valence electrons. The average molecular weight is 255 g/mol. The molecule has 4 atom stereocenters. The Hall–Kier alpha value is -0.160. The van der Waals surface area contributed by atoms with Crippen molar-refractivity contribution >= 4 is 0 Å². The van der Waals surface area contributed by atoms with Crippen molar-refractivity contribution in [3.05, 3.63) is 0 Å². The van der Waals surface area contributed by atoms with E-state index in [2.05, 4.69) is 13.8 Å². The van der Waals surface area contributed by atoms with E-state index in [0.29, 0.717) is 32.1 Å². The van der Waals surface area contributed by atoms with E-state index in [4.69, 9.17) is 15.2 Å². The van der Waals surface area contributed by atoms with Gasteiger partial charge in [-0.25, -0.2) is 0 Å². The van der Waals surface area contributed by atoms with Crippen LogP contribution in [0.3, 0.4) is 0 Å². The summed E-state index contributed by atoms with van der Waals surface area (Å²) in [7, 11) is 0. The molecule has 4 nitrogen and oxygen atoms in total. The Balaban J connectivity index is 1.91. The molecule has 4 unspecified atom stereocenters. The van der Waals surface area contributed by atoms with Crippen LogP contribution in [0, 0.1) is 5.41 Å². The number of hydrogen-bond donors (Lipinski definition) is 2. The summed E-state index contributed by atoms with van der Waals surface area (Å²) >= 11 is 0. The van der Waals surface area contributed by atoms with Gasteiger partial charge in [-0.3, -0.25) is 0 Å². The molecule has 3 aliphatic heterocycles. The lowest BCUT2D eigenvalue weighted by Crippen LogP contribution is -2.62. The van der Waals surface area contributed by atoms with E-state index >= 15 is 0 Å². The summed E-state index contributed by atoms with van der Waals surface area (Å²) in [5.41, 5.74) is 4.83. The summed E-state index contributed by atoms with van der Waals surface area (Å²) in [4.78, 5) is 0. The van der Waals surface area contributed by atoms with E-state index in [-0.39, 0.29) is 17.1 Å². The molecule has 0 radical (unpaired) electrons. The fourth-order valence-electron chi connectivity index (χ4n) is 4.46. The summed E-state index contributed by atoms with van der Waals surface area (Å²) in [6.45, 7) is 5.23. The number of nitrogens with two attached hydrogens (primary N) is 1. The molecule has 3 N–H and O–H groups in total. The number of fused-ring (bicyclic) bond motifs is 2. The Kier molecular flexibility index (Phi) is 2.80.